The minimum Gasteiger partial charge on any atom is -0.382 e. The van der Waals surface area contributed by atoms with Crippen molar-refractivity contribution in [3.05, 3.63) is 36.5 Å². The molecule has 17 heavy (non-hydrogen) atoms. The molecule has 1 aliphatic rings. The van der Waals surface area contributed by atoms with Gasteiger partial charge in [0.05, 0.1) is 5.69 Å². The monoisotopic (exact) mass is 227 g/mol. The van der Waals surface area contributed by atoms with Gasteiger partial charge in [-0.25, -0.2) is 0 Å². The second kappa shape index (κ2) is 4.24. The van der Waals surface area contributed by atoms with Crippen LogP contribution in [-0.2, 0) is 0 Å². The number of rotatable bonds is 3. The topological polar surface area (TPSA) is 40.7 Å². The van der Waals surface area contributed by atoms with E-state index >= 15 is 0 Å². The lowest BCUT2D eigenvalue weighted by Gasteiger charge is -2.34. The van der Waals surface area contributed by atoms with Crippen LogP contribution in [0.4, 0.5) is 5.69 Å². The predicted octanol–water partition coefficient (Wildman–Crippen LogP) is 3.29. The van der Waals surface area contributed by atoms with E-state index < -0.39 is 0 Å². The molecule has 3 nitrogen and oxygen atoms in total. The first-order chi connectivity index (χ1) is 8.31. The van der Waals surface area contributed by atoms with Gasteiger partial charge in [-0.05, 0) is 42.5 Å². The number of anilines is 1. The Morgan fingerprint density at radius 1 is 1.18 bits per heavy atom. The summed E-state index contributed by atoms with van der Waals surface area (Å²) in [7, 11) is 0. The molecule has 2 aromatic rings. The maximum Gasteiger partial charge on any atom is 0.0650 e. The predicted molar refractivity (Wildman–Crippen MR) is 69.8 cm³/mol. The molecule has 0 atom stereocenters. The standard InChI is InChI=1S/C14H17N3/c1-10-8-13(9-10)16-12-4-2-11(3-5-12)14-6-7-15-17-14/h2-7,10,13,16H,8-9H2,1H3,(H,15,17). The SMILES string of the molecule is CC1CC(Nc2ccc(-c3ccn[nH]3)cc2)C1. The molecule has 1 aromatic carbocycles. The molecule has 0 aliphatic heterocycles. The molecule has 0 spiro atoms. The third-order valence-electron chi connectivity index (χ3n) is 3.44. The van der Waals surface area contributed by atoms with Crippen LogP contribution in [0.25, 0.3) is 11.3 Å². The van der Waals surface area contributed by atoms with Crippen LogP contribution >= 0.6 is 0 Å². The molecule has 88 valence electrons. The molecule has 0 radical (unpaired) electrons. The molecule has 0 amide bonds. The molecular formula is C14H17N3. The van der Waals surface area contributed by atoms with Crippen LogP contribution in [0.2, 0.25) is 0 Å². The van der Waals surface area contributed by atoms with Crippen molar-refractivity contribution in [2.45, 2.75) is 25.8 Å². The van der Waals surface area contributed by atoms with Crippen LogP contribution in [0.5, 0.6) is 0 Å². The van der Waals surface area contributed by atoms with Gasteiger partial charge in [0.25, 0.3) is 0 Å². The first-order valence-corrected chi connectivity index (χ1v) is 6.17. The summed E-state index contributed by atoms with van der Waals surface area (Å²) in [5.41, 5.74) is 3.45. The van der Waals surface area contributed by atoms with Gasteiger partial charge in [0.15, 0.2) is 0 Å². The third-order valence-corrected chi connectivity index (χ3v) is 3.44. The van der Waals surface area contributed by atoms with Crippen LogP contribution in [0.1, 0.15) is 19.8 Å². The Balaban J connectivity index is 1.68. The Labute approximate surface area is 101 Å². The molecule has 1 aromatic heterocycles. The number of aromatic nitrogens is 2. The molecule has 0 bridgehead atoms. The van der Waals surface area contributed by atoms with Gasteiger partial charge in [0.2, 0.25) is 0 Å². The first-order valence-electron chi connectivity index (χ1n) is 6.17. The number of H-pyrrole nitrogens is 1. The highest BCUT2D eigenvalue weighted by atomic mass is 15.1. The molecule has 3 rings (SSSR count). The van der Waals surface area contributed by atoms with E-state index in [2.05, 4.69) is 46.7 Å². The molecular weight excluding hydrogens is 210 g/mol. The first kappa shape index (κ1) is 10.4. The van der Waals surface area contributed by atoms with Crippen LogP contribution in [0.3, 0.4) is 0 Å². The average molecular weight is 227 g/mol. The fourth-order valence-corrected chi connectivity index (χ4v) is 2.42. The number of benzene rings is 1. The summed E-state index contributed by atoms with van der Waals surface area (Å²) in [6, 6.07) is 11.2. The van der Waals surface area contributed by atoms with Crippen molar-refractivity contribution in [1.82, 2.24) is 10.2 Å². The van der Waals surface area contributed by atoms with Gasteiger partial charge in [-0.15, -0.1) is 0 Å². The Kier molecular flexibility index (Phi) is 2.59. The van der Waals surface area contributed by atoms with Crippen LogP contribution in [0.15, 0.2) is 36.5 Å². The van der Waals surface area contributed by atoms with Gasteiger partial charge >= 0.3 is 0 Å². The minimum atomic E-state index is 0.669. The zero-order valence-electron chi connectivity index (χ0n) is 9.98. The van der Waals surface area contributed by atoms with Gasteiger partial charge in [-0.1, -0.05) is 19.1 Å². The Morgan fingerprint density at radius 3 is 2.53 bits per heavy atom. The summed E-state index contributed by atoms with van der Waals surface area (Å²) in [6.07, 6.45) is 4.36. The molecule has 3 heteroatoms. The molecule has 0 saturated heterocycles. The summed E-state index contributed by atoms with van der Waals surface area (Å²) in [4.78, 5) is 0. The van der Waals surface area contributed by atoms with Gasteiger partial charge in [-0.2, -0.15) is 5.10 Å². The molecule has 2 N–H and O–H groups in total. The highest BCUT2D eigenvalue weighted by molar-refractivity contribution is 5.62. The second-order valence-electron chi connectivity index (χ2n) is 4.97. The van der Waals surface area contributed by atoms with Gasteiger partial charge < -0.3 is 5.32 Å². The quantitative estimate of drug-likeness (QED) is 0.844. The number of nitrogens with zero attached hydrogens (tertiary/aromatic N) is 1. The molecule has 1 fully saturated rings. The third kappa shape index (κ3) is 2.18. The summed E-state index contributed by atoms with van der Waals surface area (Å²) in [5, 5.41) is 10.5. The van der Waals surface area contributed by atoms with Crippen LogP contribution in [0, 0.1) is 5.92 Å². The lowest BCUT2D eigenvalue weighted by Crippen LogP contribution is -2.33. The van der Waals surface area contributed by atoms with E-state index in [1.807, 2.05) is 6.07 Å². The van der Waals surface area contributed by atoms with E-state index in [0.717, 1.165) is 11.6 Å². The van der Waals surface area contributed by atoms with E-state index in [1.54, 1.807) is 6.20 Å². The second-order valence-corrected chi connectivity index (χ2v) is 4.97. The fourth-order valence-electron chi connectivity index (χ4n) is 2.42. The van der Waals surface area contributed by atoms with E-state index in [9.17, 15) is 0 Å². The zero-order chi connectivity index (χ0) is 11.7. The number of nitrogens with one attached hydrogen (secondary N) is 2. The van der Waals surface area contributed by atoms with E-state index in [1.165, 1.54) is 24.1 Å². The van der Waals surface area contributed by atoms with Crippen molar-refractivity contribution in [3.63, 3.8) is 0 Å². The van der Waals surface area contributed by atoms with E-state index in [4.69, 9.17) is 0 Å². The van der Waals surface area contributed by atoms with Crippen molar-refractivity contribution in [3.8, 4) is 11.3 Å². The van der Waals surface area contributed by atoms with Crippen molar-refractivity contribution in [2.24, 2.45) is 5.92 Å². The van der Waals surface area contributed by atoms with Gasteiger partial charge in [0.1, 0.15) is 0 Å². The maximum absolute atomic E-state index is 3.96. The molecule has 1 heterocycles. The molecule has 1 aliphatic carbocycles. The van der Waals surface area contributed by atoms with Crippen molar-refractivity contribution in [1.29, 1.82) is 0 Å². The molecule has 1 saturated carbocycles. The Bertz CT molecular complexity index is 467. The largest absolute Gasteiger partial charge is 0.382 e. The van der Waals surface area contributed by atoms with Crippen molar-refractivity contribution < 1.29 is 0 Å². The molecule has 0 unspecified atom stereocenters. The van der Waals surface area contributed by atoms with Crippen molar-refractivity contribution >= 4 is 5.69 Å². The number of hydrogen-bond donors (Lipinski definition) is 2. The van der Waals surface area contributed by atoms with Gasteiger partial charge in [-0.3, -0.25) is 5.10 Å². The van der Waals surface area contributed by atoms with E-state index in [-0.39, 0.29) is 0 Å². The minimum absolute atomic E-state index is 0.669. The highest BCUT2D eigenvalue weighted by Gasteiger charge is 2.24. The van der Waals surface area contributed by atoms with E-state index in [0.29, 0.717) is 6.04 Å². The highest BCUT2D eigenvalue weighted by Crippen LogP contribution is 2.29. The fraction of sp³-hybridized carbons (Fsp3) is 0.357. The number of aromatic amines is 1. The summed E-state index contributed by atoms with van der Waals surface area (Å²) < 4.78 is 0. The van der Waals surface area contributed by atoms with Crippen LogP contribution < -0.4 is 5.32 Å². The van der Waals surface area contributed by atoms with Crippen molar-refractivity contribution in [2.75, 3.05) is 5.32 Å². The lowest BCUT2D eigenvalue weighted by molar-refractivity contribution is 0.309. The number of hydrogen-bond acceptors (Lipinski definition) is 2. The Hall–Kier alpha value is -1.77. The summed E-state index contributed by atoms with van der Waals surface area (Å²) >= 11 is 0. The van der Waals surface area contributed by atoms with Gasteiger partial charge in [0, 0.05) is 17.9 Å². The normalized spacial score (nSPS) is 23.1. The maximum atomic E-state index is 3.96. The summed E-state index contributed by atoms with van der Waals surface area (Å²) in [6.45, 7) is 2.31. The zero-order valence-corrected chi connectivity index (χ0v) is 9.98. The van der Waals surface area contributed by atoms with Crippen LogP contribution in [-0.4, -0.2) is 16.2 Å². The lowest BCUT2D eigenvalue weighted by atomic mass is 9.82. The summed E-state index contributed by atoms with van der Waals surface area (Å²) in [5.74, 6) is 0.886. The Morgan fingerprint density at radius 2 is 1.94 bits per heavy atom. The smallest absolute Gasteiger partial charge is 0.0650 e. The average Bonchev–Trinajstić information content (AvgIpc) is 2.81.